The van der Waals surface area contributed by atoms with Gasteiger partial charge >= 0.3 is 0 Å². The van der Waals surface area contributed by atoms with Crippen LogP contribution in [0.3, 0.4) is 0 Å². The number of aryl methyl sites for hydroxylation is 2. The number of carbonyl (C=O) groups excluding carboxylic acids is 1. The Hall–Kier alpha value is -1.88. The van der Waals surface area contributed by atoms with Crippen LogP contribution in [0.25, 0.3) is 0 Å². The molecule has 0 fully saturated rings. The summed E-state index contributed by atoms with van der Waals surface area (Å²) < 4.78 is 19.9. The summed E-state index contributed by atoms with van der Waals surface area (Å²) in [5.41, 5.74) is 1.64. The number of methoxy groups -OCH3 is 1. The lowest BCUT2D eigenvalue weighted by atomic mass is 10.0. The highest BCUT2D eigenvalue weighted by atomic mass is 35.5. The summed E-state index contributed by atoms with van der Waals surface area (Å²) in [5.74, 6) is -0.672. The van der Waals surface area contributed by atoms with Crippen molar-refractivity contribution in [1.29, 1.82) is 0 Å². The summed E-state index contributed by atoms with van der Waals surface area (Å²) in [7, 11) is 3.08. The number of nitrogens with zero attached hydrogens (tertiary/aromatic N) is 2. The Kier molecular flexibility index (Phi) is 4.09. The van der Waals surface area contributed by atoms with Crippen LogP contribution in [0.15, 0.2) is 18.2 Å². The smallest absolute Gasteiger partial charge is 0.167 e. The van der Waals surface area contributed by atoms with Crippen LogP contribution in [-0.4, -0.2) is 22.7 Å². The molecule has 4 nitrogen and oxygen atoms in total. The lowest BCUT2D eigenvalue weighted by molar-refractivity contribution is 0.0992. The summed E-state index contributed by atoms with van der Waals surface area (Å²) in [6.07, 6.45) is 0.0876. The van der Waals surface area contributed by atoms with Crippen molar-refractivity contribution in [2.75, 3.05) is 7.11 Å². The molecule has 0 saturated heterocycles. The van der Waals surface area contributed by atoms with Crippen LogP contribution in [0.2, 0.25) is 5.15 Å². The van der Waals surface area contributed by atoms with Crippen LogP contribution in [0.5, 0.6) is 5.75 Å². The Morgan fingerprint density at radius 2 is 2.20 bits per heavy atom. The van der Waals surface area contributed by atoms with Crippen molar-refractivity contribution in [2.45, 2.75) is 13.3 Å². The van der Waals surface area contributed by atoms with Gasteiger partial charge in [-0.2, -0.15) is 5.10 Å². The second kappa shape index (κ2) is 5.63. The van der Waals surface area contributed by atoms with E-state index in [-0.39, 0.29) is 23.5 Å². The van der Waals surface area contributed by atoms with Crippen molar-refractivity contribution in [2.24, 2.45) is 7.05 Å². The standard InChI is InChI=1S/C14H14ClFN2O2/c1-8-10(14(15)18(2)17-8)7-12(19)9-4-5-13(20-3)11(16)6-9/h4-6H,7H2,1-3H3. The average Bonchev–Trinajstić information content (AvgIpc) is 2.65. The molecule has 0 amide bonds. The van der Waals surface area contributed by atoms with Gasteiger partial charge in [-0.15, -0.1) is 0 Å². The van der Waals surface area contributed by atoms with Crippen molar-refractivity contribution in [1.82, 2.24) is 9.78 Å². The Bertz CT molecular complexity index is 667. The molecule has 0 bridgehead atoms. The van der Waals surface area contributed by atoms with Gasteiger partial charge in [0, 0.05) is 24.6 Å². The fourth-order valence-electron chi connectivity index (χ4n) is 1.98. The van der Waals surface area contributed by atoms with Gasteiger partial charge in [-0.05, 0) is 25.1 Å². The van der Waals surface area contributed by atoms with Crippen molar-refractivity contribution < 1.29 is 13.9 Å². The molecule has 0 atom stereocenters. The molecule has 0 aliphatic heterocycles. The van der Waals surface area contributed by atoms with E-state index in [2.05, 4.69) is 5.10 Å². The maximum absolute atomic E-state index is 13.6. The Labute approximate surface area is 121 Å². The molecule has 2 aromatic rings. The van der Waals surface area contributed by atoms with Gasteiger partial charge in [-0.25, -0.2) is 4.39 Å². The topological polar surface area (TPSA) is 44.1 Å². The maximum atomic E-state index is 13.6. The minimum Gasteiger partial charge on any atom is -0.494 e. The van der Waals surface area contributed by atoms with E-state index in [1.807, 2.05) is 0 Å². The van der Waals surface area contributed by atoms with E-state index in [0.717, 1.165) is 0 Å². The Morgan fingerprint density at radius 3 is 2.70 bits per heavy atom. The van der Waals surface area contributed by atoms with Gasteiger partial charge in [0.2, 0.25) is 0 Å². The van der Waals surface area contributed by atoms with E-state index >= 15 is 0 Å². The molecule has 6 heteroatoms. The molecule has 0 aliphatic carbocycles. The zero-order valence-corrected chi connectivity index (χ0v) is 12.2. The van der Waals surface area contributed by atoms with Crippen LogP contribution >= 0.6 is 11.6 Å². The number of hydrogen-bond donors (Lipinski definition) is 0. The van der Waals surface area contributed by atoms with Gasteiger partial charge in [-0.3, -0.25) is 9.48 Å². The summed E-state index contributed by atoms with van der Waals surface area (Å²) in [6, 6.07) is 4.13. The Morgan fingerprint density at radius 1 is 1.50 bits per heavy atom. The van der Waals surface area contributed by atoms with Crippen molar-refractivity contribution in [3.63, 3.8) is 0 Å². The van der Waals surface area contributed by atoms with E-state index in [1.165, 1.54) is 30.0 Å². The van der Waals surface area contributed by atoms with Gasteiger partial charge in [-0.1, -0.05) is 11.6 Å². The van der Waals surface area contributed by atoms with Gasteiger partial charge in [0.05, 0.1) is 12.8 Å². The number of carbonyl (C=O) groups is 1. The molecule has 20 heavy (non-hydrogen) atoms. The third-order valence-electron chi connectivity index (χ3n) is 3.08. The van der Waals surface area contributed by atoms with E-state index in [1.54, 1.807) is 14.0 Å². The number of halogens is 2. The number of ether oxygens (including phenoxy) is 1. The molecule has 1 aromatic heterocycles. The predicted octanol–water partition coefficient (Wildman–Crippen LogP) is 2.96. The zero-order chi connectivity index (χ0) is 14.9. The Balaban J connectivity index is 2.26. The molecule has 0 saturated carbocycles. The first-order chi connectivity index (χ1) is 9.43. The average molecular weight is 297 g/mol. The van der Waals surface area contributed by atoms with Crippen LogP contribution in [0.1, 0.15) is 21.6 Å². The molecule has 0 aliphatic rings. The lowest BCUT2D eigenvalue weighted by Gasteiger charge is -2.05. The summed E-state index contributed by atoms with van der Waals surface area (Å²) in [5, 5.41) is 4.56. The molecule has 0 radical (unpaired) electrons. The monoisotopic (exact) mass is 296 g/mol. The molecular weight excluding hydrogens is 283 g/mol. The zero-order valence-electron chi connectivity index (χ0n) is 11.4. The van der Waals surface area contributed by atoms with Gasteiger partial charge in [0.1, 0.15) is 5.15 Å². The van der Waals surface area contributed by atoms with E-state index in [9.17, 15) is 9.18 Å². The second-order valence-electron chi connectivity index (χ2n) is 4.43. The second-order valence-corrected chi connectivity index (χ2v) is 4.79. The fraction of sp³-hybridized carbons (Fsp3) is 0.286. The maximum Gasteiger partial charge on any atom is 0.167 e. The highest BCUT2D eigenvalue weighted by Gasteiger charge is 2.17. The number of Topliss-reactive ketones (excluding diaryl/α,β-unsaturated/α-hetero) is 1. The quantitative estimate of drug-likeness (QED) is 0.815. The van der Waals surface area contributed by atoms with Gasteiger partial charge in [0.25, 0.3) is 0 Å². The van der Waals surface area contributed by atoms with Gasteiger partial charge < -0.3 is 4.74 Å². The number of hydrogen-bond acceptors (Lipinski definition) is 3. The molecule has 0 N–H and O–H groups in total. The number of ketones is 1. The molecule has 106 valence electrons. The lowest BCUT2D eigenvalue weighted by Crippen LogP contribution is -2.05. The molecule has 0 unspecified atom stereocenters. The van der Waals surface area contributed by atoms with Crippen LogP contribution in [0, 0.1) is 12.7 Å². The minimum absolute atomic E-state index is 0.0876. The van der Waals surface area contributed by atoms with Gasteiger partial charge in [0.15, 0.2) is 17.3 Å². The first-order valence-corrected chi connectivity index (χ1v) is 6.36. The first kappa shape index (κ1) is 14.5. The third kappa shape index (κ3) is 2.67. The molecule has 1 aromatic carbocycles. The first-order valence-electron chi connectivity index (χ1n) is 5.98. The van der Waals surface area contributed by atoms with Crippen LogP contribution in [0.4, 0.5) is 4.39 Å². The van der Waals surface area contributed by atoms with Crippen molar-refractivity contribution >= 4 is 17.4 Å². The molecular formula is C14H14ClFN2O2. The fourth-order valence-corrected chi connectivity index (χ4v) is 2.22. The molecule has 2 rings (SSSR count). The SMILES string of the molecule is COc1ccc(C(=O)Cc2c(C)nn(C)c2Cl)cc1F. The normalized spacial score (nSPS) is 10.7. The number of benzene rings is 1. The molecule has 0 spiro atoms. The van der Waals surface area contributed by atoms with Crippen LogP contribution < -0.4 is 4.74 Å². The number of rotatable bonds is 4. The van der Waals surface area contributed by atoms with E-state index in [4.69, 9.17) is 16.3 Å². The van der Waals surface area contributed by atoms with Crippen LogP contribution in [-0.2, 0) is 13.5 Å². The van der Waals surface area contributed by atoms with E-state index in [0.29, 0.717) is 16.4 Å². The molecule has 1 heterocycles. The summed E-state index contributed by atoms with van der Waals surface area (Å²) in [4.78, 5) is 12.2. The largest absolute Gasteiger partial charge is 0.494 e. The van der Waals surface area contributed by atoms with Crippen molar-refractivity contribution in [3.8, 4) is 5.75 Å². The summed E-state index contributed by atoms with van der Waals surface area (Å²) in [6.45, 7) is 1.78. The third-order valence-corrected chi connectivity index (χ3v) is 3.55. The number of aromatic nitrogens is 2. The van der Waals surface area contributed by atoms with E-state index < -0.39 is 5.82 Å². The summed E-state index contributed by atoms with van der Waals surface area (Å²) >= 11 is 6.08. The minimum atomic E-state index is -0.563. The highest BCUT2D eigenvalue weighted by molar-refractivity contribution is 6.30. The predicted molar refractivity (Wildman–Crippen MR) is 73.9 cm³/mol. The highest BCUT2D eigenvalue weighted by Crippen LogP contribution is 2.22. The van der Waals surface area contributed by atoms with Crippen molar-refractivity contribution in [3.05, 3.63) is 46.0 Å².